The van der Waals surface area contributed by atoms with E-state index in [9.17, 15) is 9.35 Å². The van der Waals surface area contributed by atoms with Crippen molar-refractivity contribution >= 4 is 51.1 Å². The Morgan fingerprint density at radius 3 is 2.74 bits per heavy atom. The molecule has 0 radical (unpaired) electrons. The van der Waals surface area contributed by atoms with Crippen molar-refractivity contribution in [2.24, 2.45) is 0 Å². The Labute approximate surface area is 124 Å². The number of halogens is 1. The fourth-order valence-electron chi connectivity index (χ4n) is 1.92. The Morgan fingerprint density at radius 2 is 2.11 bits per heavy atom. The highest BCUT2D eigenvalue weighted by Gasteiger charge is 2.27. The van der Waals surface area contributed by atoms with Crippen molar-refractivity contribution in [2.75, 3.05) is 12.5 Å². The van der Waals surface area contributed by atoms with Gasteiger partial charge in [0.2, 0.25) is 10.4 Å². The van der Waals surface area contributed by atoms with Crippen LogP contribution < -0.4 is 0 Å². The van der Waals surface area contributed by atoms with Crippen LogP contribution in [0.15, 0.2) is 36.4 Å². The van der Waals surface area contributed by atoms with Gasteiger partial charge in [0.25, 0.3) is 0 Å². The van der Waals surface area contributed by atoms with Gasteiger partial charge in [-0.1, -0.05) is 35.9 Å². The van der Waals surface area contributed by atoms with Crippen molar-refractivity contribution in [3.63, 3.8) is 0 Å². The molecule has 19 heavy (non-hydrogen) atoms. The molecule has 0 spiro atoms. The molecule has 5 heteroatoms. The van der Waals surface area contributed by atoms with Crippen molar-refractivity contribution in [1.82, 2.24) is 0 Å². The summed E-state index contributed by atoms with van der Waals surface area (Å²) in [6.45, 7) is 0. The number of hydrogen-bond acceptors (Lipinski definition) is 3. The Hall–Kier alpha value is -0.680. The summed E-state index contributed by atoms with van der Waals surface area (Å²) in [5.74, 6) is -0.116. The van der Waals surface area contributed by atoms with Gasteiger partial charge in [0, 0.05) is 16.0 Å². The summed E-state index contributed by atoms with van der Waals surface area (Å²) < 4.78 is 11.0. The van der Waals surface area contributed by atoms with Crippen LogP contribution in [0.1, 0.15) is 10.4 Å². The summed E-state index contributed by atoms with van der Waals surface area (Å²) in [4.78, 5) is 12.3. The maximum Gasteiger partial charge on any atom is 0.225 e. The molecule has 0 aliphatic heterocycles. The summed E-state index contributed by atoms with van der Waals surface area (Å²) in [6, 6.07) is 11.0. The standard InChI is InChI=1S/C14H13ClO2S2/c1-18-14(19(2)17)13(16)10-7-6-9-4-3-5-12(15)11(9)8-10/h3-8,14H,1-2H3. The maximum atomic E-state index is 12.3. The van der Waals surface area contributed by atoms with Crippen LogP contribution >= 0.6 is 23.4 Å². The molecular formula is C14H13ClO2S2. The van der Waals surface area contributed by atoms with Crippen LogP contribution in [0, 0.1) is 0 Å². The topological polar surface area (TPSA) is 40.1 Å². The molecule has 0 aromatic heterocycles. The predicted octanol–water partition coefficient (Wildman–Crippen LogP) is 3.74. The Balaban J connectivity index is 2.46. The molecule has 2 unspecified atom stereocenters. The van der Waals surface area contributed by atoms with E-state index in [0.29, 0.717) is 10.6 Å². The summed E-state index contributed by atoms with van der Waals surface area (Å²) in [7, 11) is 0. The number of hydrogen-bond donors (Lipinski definition) is 0. The zero-order chi connectivity index (χ0) is 14.0. The zero-order valence-electron chi connectivity index (χ0n) is 10.6. The van der Waals surface area contributed by atoms with E-state index >= 15 is 0 Å². The minimum Gasteiger partial charge on any atom is -0.615 e. The van der Waals surface area contributed by atoms with E-state index in [2.05, 4.69) is 0 Å². The molecule has 0 heterocycles. The van der Waals surface area contributed by atoms with Crippen molar-refractivity contribution in [3.8, 4) is 0 Å². The molecule has 2 aromatic rings. The number of carbonyl (C=O) groups excluding carboxylic acids is 1. The predicted molar refractivity (Wildman–Crippen MR) is 84.7 cm³/mol. The number of carbonyl (C=O) groups is 1. The van der Waals surface area contributed by atoms with Gasteiger partial charge in [-0.05, 0) is 35.0 Å². The number of ketones is 1. The molecule has 2 rings (SSSR count). The van der Waals surface area contributed by atoms with Crippen LogP contribution in [0.4, 0.5) is 0 Å². The summed E-state index contributed by atoms with van der Waals surface area (Å²) in [5.41, 5.74) is 0.551. The van der Waals surface area contributed by atoms with Crippen molar-refractivity contribution < 1.29 is 9.35 Å². The molecule has 2 aromatic carbocycles. The molecule has 0 aliphatic rings. The highest BCUT2D eigenvalue weighted by atomic mass is 35.5. The van der Waals surface area contributed by atoms with Crippen molar-refractivity contribution in [1.29, 1.82) is 0 Å². The Bertz CT molecular complexity index is 613. The van der Waals surface area contributed by atoms with Crippen LogP contribution in [-0.2, 0) is 11.2 Å². The van der Waals surface area contributed by atoms with Gasteiger partial charge in [-0.2, -0.15) is 0 Å². The van der Waals surface area contributed by atoms with Gasteiger partial charge in [0.15, 0.2) is 0 Å². The lowest BCUT2D eigenvalue weighted by molar-refractivity contribution is 0.101. The first kappa shape index (κ1) is 14.7. The van der Waals surface area contributed by atoms with E-state index in [1.165, 1.54) is 11.8 Å². The van der Waals surface area contributed by atoms with Crippen LogP contribution in [0.5, 0.6) is 0 Å². The molecule has 0 aliphatic carbocycles. The van der Waals surface area contributed by atoms with Crippen molar-refractivity contribution in [2.45, 2.75) is 4.58 Å². The second-order valence-corrected chi connectivity index (χ2v) is 7.22. The first-order valence-electron chi connectivity index (χ1n) is 5.62. The number of benzene rings is 2. The number of thioether (sulfide) groups is 1. The van der Waals surface area contributed by atoms with E-state index in [4.69, 9.17) is 11.6 Å². The second-order valence-electron chi connectivity index (χ2n) is 4.11. The maximum absolute atomic E-state index is 12.3. The zero-order valence-corrected chi connectivity index (χ0v) is 12.9. The molecule has 2 nitrogen and oxygen atoms in total. The average Bonchev–Trinajstić information content (AvgIpc) is 2.39. The van der Waals surface area contributed by atoms with Gasteiger partial charge in [-0.25, -0.2) is 0 Å². The minimum atomic E-state index is -1.19. The van der Waals surface area contributed by atoms with E-state index in [1.54, 1.807) is 30.7 Å². The molecule has 2 atom stereocenters. The number of rotatable bonds is 4. The van der Waals surface area contributed by atoms with E-state index in [0.717, 1.165) is 10.8 Å². The fourth-order valence-corrected chi connectivity index (χ4v) is 4.03. The SMILES string of the molecule is CSC(C(=O)c1ccc2cccc(Cl)c2c1)[S+](C)[O-]. The number of Topliss-reactive ketones (excluding diaryl/α,β-unsaturated/α-hetero) is 1. The summed E-state index contributed by atoms with van der Waals surface area (Å²) in [6.07, 6.45) is 3.34. The van der Waals surface area contributed by atoms with Gasteiger partial charge in [0.1, 0.15) is 0 Å². The first-order valence-corrected chi connectivity index (χ1v) is 8.91. The van der Waals surface area contributed by atoms with E-state index in [-0.39, 0.29) is 5.78 Å². The third kappa shape index (κ3) is 3.08. The average molecular weight is 313 g/mol. The Morgan fingerprint density at radius 1 is 1.37 bits per heavy atom. The quantitative estimate of drug-likeness (QED) is 0.638. The smallest absolute Gasteiger partial charge is 0.225 e. The fraction of sp³-hybridized carbons (Fsp3) is 0.214. The molecule has 0 saturated carbocycles. The highest BCUT2D eigenvalue weighted by Crippen LogP contribution is 2.26. The van der Waals surface area contributed by atoms with Gasteiger partial charge in [-0.15, -0.1) is 11.8 Å². The van der Waals surface area contributed by atoms with E-state index in [1.807, 2.05) is 18.2 Å². The summed E-state index contributed by atoms with van der Waals surface area (Å²) in [5, 5.41) is 2.45. The summed E-state index contributed by atoms with van der Waals surface area (Å²) >= 11 is 6.25. The van der Waals surface area contributed by atoms with Crippen LogP contribution in [-0.4, -0.2) is 27.4 Å². The van der Waals surface area contributed by atoms with Crippen LogP contribution in [0.3, 0.4) is 0 Å². The van der Waals surface area contributed by atoms with Crippen molar-refractivity contribution in [3.05, 3.63) is 47.0 Å². The lowest BCUT2D eigenvalue weighted by Crippen LogP contribution is -2.26. The second kappa shape index (κ2) is 6.18. The molecule has 0 N–H and O–H groups in total. The normalized spacial score (nSPS) is 14.3. The lowest BCUT2D eigenvalue weighted by Gasteiger charge is -2.15. The molecule has 0 saturated heterocycles. The van der Waals surface area contributed by atoms with Crippen LogP contribution in [0.2, 0.25) is 5.02 Å². The van der Waals surface area contributed by atoms with E-state index < -0.39 is 15.8 Å². The lowest BCUT2D eigenvalue weighted by atomic mass is 10.0. The largest absolute Gasteiger partial charge is 0.615 e. The molecule has 0 fully saturated rings. The van der Waals surface area contributed by atoms with Gasteiger partial charge in [-0.3, -0.25) is 4.79 Å². The molecule has 100 valence electrons. The molecular weight excluding hydrogens is 300 g/mol. The van der Waals surface area contributed by atoms with Crippen LogP contribution in [0.25, 0.3) is 10.8 Å². The third-order valence-electron chi connectivity index (χ3n) is 2.84. The van der Waals surface area contributed by atoms with Gasteiger partial charge < -0.3 is 4.55 Å². The third-order valence-corrected chi connectivity index (χ3v) is 6.02. The Kier molecular flexibility index (Phi) is 4.79. The number of fused-ring (bicyclic) bond motifs is 1. The minimum absolute atomic E-state index is 0.116. The van der Waals surface area contributed by atoms with Gasteiger partial charge >= 0.3 is 0 Å². The highest BCUT2D eigenvalue weighted by molar-refractivity contribution is 8.14. The first-order chi connectivity index (χ1) is 9.04. The molecule has 0 bridgehead atoms. The monoisotopic (exact) mass is 312 g/mol. The van der Waals surface area contributed by atoms with Gasteiger partial charge in [0.05, 0.1) is 6.26 Å². The molecule has 0 amide bonds.